The summed E-state index contributed by atoms with van der Waals surface area (Å²) in [7, 11) is 1.29. The summed E-state index contributed by atoms with van der Waals surface area (Å²) in [5.41, 5.74) is 1.87. The maximum Gasteiger partial charge on any atom is 0.325 e. The quantitative estimate of drug-likeness (QED) is 0.858. The minimum Gasteiger partial charge on any atom is -0.468 e. The molecule has 1 aliphatic rings. The zero-order valence-corrected chi connectivity index (χ0v) is 13.1. The zero-order chi connectivity index (χ0) is 15.7. The smallest absolute Gasteiger partial charge is 0.325 e. The van der Waals surface area contributed by atoms with Crippen LogP contribution in [-0.2, 0) is 22.5 Å². The third-order valence-corrected chi connectivity index (χ3v) is 4.42. The molecule has 0 aromatic carbocycles. The highest BCUT2D eigenvalue weighted by Gasteiger charge is 2.25. The van der Waals surface area contributed by atoms with Crippen molar-refractivity contribution >= 4 is 23.0 Å². The Morgan fingerprint density at radius 2 is 2.41 bits per heavy atom. The predicted molar refractivity (Wildman–Crippen MR) is 82.0 cm³/mol. The largest absolute Gasteiger partial charge is 0.468 e. The van der Waals surface area contributed by atoms with E-state index in [1.165, 1.54) is 18.0 Å². The fraction of sp³-hybridized carbons (Fsp3) is 0.429. The van der Waals surface area contributed by atoms with E-state index >= 15 is 0 Å². The topological polar surface area (TPSA) is 86.1 Å². The molecule has 1 atom stereocenters. The summed E-state index contributed by atoms with van der Waals surface area (Å²) in [6.45, 7) is 1.81. The number of rotatable bonds is 3. The number of aryl methyl sites for hydroxylation is 2. The molecule has 2 aromatic heterocycles. The zero-order valence-electron chi connectivity index (χ0n) is 12.3. The van der Waals surface area contributed by atoms with Crippen LogP contribution in [0.3, 0.4) is 0 Å². The molecule has 1 aliphatic heterocycles. The molecule has 1 N–H and O–H groups in total. The molecule has 0 fully saturated rings. The van der Waals surface area contributed by atoms with Crippen molar-refractivity contribution in [2.45, 2.75) is 32.4 Å². The van der Waals surface area contributed by atoms with Crippen molar-refractivity contribution in [3.63, 3.8) is 0 Å². The molecule has 3 rings (SSSR count). The van der Waals surface area contributed by atoms with Crippen LogP contribution < -0.4 is 10.9 Å². The van der Waals surface area contributed by atoms with Crippen LogP contribution in [0.2, 0.25) is 0 Å². The van der Waals surface area contributed by atoms with Crippen molar-refractivity contribution in [3.05, 3.63) is 38.5 Å². The van der Waals surface area contributed by atoms with Gasteiger partial charge in [0.25, 0.3) is 5.56 Å². The Morgan fingerprint density at radius 1 is 1.59 bits per heavy atom. The van der Waals surface area contributed by atoms with Crippen LogP contribution in [-0.4, -0.2) is 27.6 Å². The van der Waals surface area contributed by atoms with Crippen LogP contribution >= 0.6 is 11.3 Å². The number of nitrogens with zero attached hydrogens (tertiary/aromatic N) is 3. The maximum absolute atomic E-state index is 12.5. The van der Waals surface area contributed by atoms with Gasteiger partial charge in [-0.3, -0.25) is 14.2 Å². The summed E-state index contributed by atoms with van der Waals surface area (Å²) in [6.07, 6.45) is 2.94. The van der Waals surface area contributed by atoms with Gasteiger partial charge in [-0.25, -0.2) is 9.97 Å². The van der Waals surface area contributed by atoms with Crippen molar-refractivity contribution in [1.29, 1.82) is 0 Å². The van der Waals surface area contributed by atoms with Gasteiger partial charge in [-0.15, -0.1) is 11.3 Å². The van der Waals surface area contributed by atoms with Gasteiger partial charge in [0.05, 0.1) is 35.9 Å². The van der Waals surface area contributed by atoms with Crippen LogP contribution in [0.5, 0.6) is 0 Å². The van der Waals surface area contributed by atoms with Gasteiger partial charge in [0.15, 0.2) is 0 Å². The lowest BCUT2D eigenvalue weighted by atomic mass is 10.0. The predicted octanol–water partition coefficient (Wildman–Crippen LogP) is 1.28. The number of hydrogen-bond donors (Lipinski definition) is 1. The van der Waals surface area contributed by atoms with Crippen molar-refractivity contribution < 1.29 is 9.53 Å². The molecule has 2 aromatic rings. The molecule has 22 heavy (non-hydrogen) atoms. The Labute approximate surface area is 131 Å². The molecule has 3 heterocycles. The third-order valence-electron chi connectivity index (χ3n) is 3.63. The highest BCUT2D eigenvalue weighted by Crippen LogP contribution is 2.29. The second-order valence-electron chi connectivity index (χ2n) is 5.10. The summed E-state index contributed by atoms with van der Waals surface area (Å²) in [6, 6.07) is 0.000858. The molecule has 0 saturated heterocycles. The van der Waals surface area contributed by atoms with E-state index in [1.807, 2.05) is 12.3 Å². The Hall–Kier alpha value is -2.22. The van der Waals surface area contributed by atoms with E-state index in [0.29, 0.717) is 12.1 Å². The number of fused-ring (bicyclic) bond motifs is 1. The first-order valence-electron chi connectivity index (χ1n) is 6.92. The number of methoxy groups -OCH3 is 1. The first kappa shape index (κ1) is 14.7. The molecule has 8 heteroatoms. The molecule has 0 spiro atoms. The lowest BCUT2D eigenvalue weighted by Crippen LogP contribution is -2.32. The number of carbonyl (C=O) groups is 1. The van der Waals surface area contributed by atoms with Crippen LogP contribution in [0.25, 0.3) is 0 Å². The summed E-state index contributed by atoms with van der Waals surface area (Å²) >= 11 is 1.59. The molecule has 0 aliphatic carbocycles. The number of anilines is 1. The van der Waals surface area contributed by atoms with Crippen LogP contribution in [0.1, 0.15) is 28.9 Å². The first-order valence-corrected chi connectivity index (χ1v) is 7.80. The number of carbonyl (C=O) groups excluding carboxylic acids is 1. The number of aromatic nitrogens is 3. The molecule has 0 saturated carbocycles. The number of thiazole rings is 1. The number of hydrogen-bond acceptors (Lipinski definition) is 7. The number of esters is 1. The molecule has 0 unspecified atom stereocenters. The summed E-state index contributed by atoms with van der Waals surface area (Å²) in [4.78, 5) is 32.6. The van der Waals surface area contributed by atoms with E-state index < -0.39 is 5.97 Å². The van der Waals surface area contributed by atoms with E-state index in [1.54, 1.807) is 11.3 Å². The highest BCUT2D eigenvalue weighted by molar-refractivity contribution is 7.09. The molecule has 0 bridgehead atoms. The monoisotopic (exact) mass is 320 g/mol. The van der Waals surface area contributed by atoms with Gasteiger partial charge in [0.1, 0.15) is 12.2 Å². The summed E-state index contributed by atoms with van der Waals surface area (Å²) < 4.78 is 5.85. The van der Waals surface area contributed by atoms with Gasteiger partial charge >= 0.3 is 5.97 Å². The fourth-order valence-electron chi connectivity index (χ4n) is 2.46. The van der Waals surface area contributed by atoms with Gasteiger partial charge in [-0.05, 0) is 19.8 Å². The second-order valence-corrected chi connectivity index (χ2v) is 6.16. The van der Waals surface area contributed by atoms with Crippen molar-refractivity contribution in [2.75, 3.05) is 12.4 Å². The van der Waals surface area contributed by atoms with Crippen molar-refractivity contribution in [2.24, 2.45) is 0 Å². The van der Waals surface area contributed by atoms with Gasteiger partial charge in [0.2, 0.25) is 0 Å². The molecule has 7 nitrogen and oxygen atoms in total. The number of nitrogens with one attached hydrogen (secondary N) is 1. The Bertz CT molecular complexity index is 768. The minimum atomic E-state index is -0.480. The summed E-state index contributed by atoms with van der Waals surface area (Å²) in [5.74, 6) is -0.480. The Kier molecular flexibility index (Phi) is 3.93. The minimum absolute atomic E-state index is 0.000858. The third kappa shape index (κ3) is 2.74. The molecule has 116 valence electrons. The van der Waals surface area contributed by atoms with Gasteiger partial charge in [-0.2, -0.15) is 0 Å². The Morgan fingerprint density at radius 3 is 3.09 bits per heavy atom. The van der Waals surface area contributed by atoms with Gasteiger partial charge in [-0.1, -0.05) is 0 Å². The van der Waals surface area contributed by atoms with E-state index in [4.69, 9.17) is 0 Å². The molecule has 0 radical (unpaired) electrons. The molecular weight excluding hydrogens is 304 g/mol. The first-order chi connectivity index (χ1) is 10.6. The van der Waals surface area contributed by atoms with E-state index in [-0.39, 0.29) is 18.1 Å². The standard InChI is InChI=1S/C14H16N4O3S/c1-8-16-11(6-22-8)9-3-4-10-13(17-9)14(20)18(7-15-10)5-12(19)21-2/h6-7,9,17H,3-5H2,1-2H3/t9-/m0/s1. The van der Waals surface area contributed by atoms with Gasteiger partial charge in [0, 0.05) is 5.38 Å². The second kappa shape index (κ2) is 5.88. The average Bonchev–Trinajstić information content (AvgIpc) is 2.96. The maximum atomic E-state index is 12.5. The van der Waals surface area contributed by atoms with E-state index in [0.717, 1.165) is 22.8 Å². The number of ether oxygens (including phenoxy) is 1. The summed E-state index contributed by atoms with van der Waals surface area (Å²) in [5, 5.41) is 6.22. The Balaban J connectivity index is 1.90. The van der Waals surface area contributed by atoms with E-state index in [2.05, 4.69) is 20.0 Å². The van der Waals surface area contributed by atoms with Crippen LogP contribution in [0.4, 0.5) is 5.69 Å². The molecular formula is C14H16N4O3S. The van der Waals surface area contributed by atoms with Gasteiger partial charge < -0.3 is 10.1 Å². The van der Waals surface area contributed by atoms with Crippen LogP contribution in [0.15, 0.2) is 16.5 Å². The van der Waals surface area contributed by atoms with Crippen LogP contribution in [0, 0.1) is 6.92 Å². The van der Waals surface area contributed by atoms with Crippen molar-refractivity contribution in [1.82, 2.24) is 14.5 Å². The van der Waals surface area contributed by atoms with E-state index in [9.17, 15) is 9.59 Å². The lowest BCUT2D eigenvalue weighted by molar-refractivity contribution is -0.141. The fourth-order valence-corrected chi connectivity index (χ4v) is 3.13. The SMILES string of the molecule is COC(=O)Cn1cnc2c(c1=O)N[C@H](c1csc(C)n1)CC2. The van der Waals surface area contributed by atoms with Crippen molar-refractivity contribution in [3.8, 4) is 0 Å². The lowest BCUT2D eigenvalue weighted by Gasteiger charge is -2.25. The molecule has 0 amide bonds. The normalized spacial score (nSPS) is 16.7. The highest BCUT2D eigenvalue weighted by atomic mass is 32.1. The average molecular weight is 320 g/mol.